The van der Waals surface area contributed by atoms with Crippen LogP contribution in [-0.2, 0) is 4.79 Å². The van der Waals surface area contributed by atoms with Gasteiger partial charge in [-0.1, -0.05) is 18.7 Å². The smallest absolute Gasteiger partial charge is 0.253 e. The minimum absolute atomic E-state index is 0.0188. The number of carbonyl (C=O) groups is 2. The fourth-order valence-electron chi connectivity index (χ4n) is 2.71. The van der Waals surface area contributed by atoms with Crippen LogP contribution in [0.25, 0.3) is 0 Å². The molecule has 0 spiro atoms. The highest BCUT2D eigenvalue weighted by Gasteiger charge is 2.12. The average Bonchev–Trinajstić information content (AvgIpc) is 2.72. The molecule has 0 atom stereocenters. The molecule has 0 saturated carbocycles. The van der Waals surface area contributed by atoms with E-state index in [1.54, 1.807) is 35.2 Å². The first-order chi connectivity index (χ1) is 13.9. The van der Waals surface area contributed by atoms with Crippen molar-refractivity contribution in [1.82, 2.24) is 4.90 Å². The molecule has 6 heteroatoms. The molecule has 154 valence electrons. The highest BCUT2D eigenvalue weighted by molar-refractivity contribution is 5.96. The molecule has 0 unspecified atom stereocenters. The zero-order valence-corrected chi connectivity index (χ0v) is 17.3. The summed E-state index contributed by atoms with van der Waals surface area (Å²) in [6, 6.07) is 14.4. The van der Waals surface area contributed by atoms with Gasteiger partial charge >= 0.3 is 0 Å². The molecule has 0 bridgehead atoms. The zero-order valence-electron chi connectivity index (χ0n) is 17.3. The van der Waals surface area contributed by atoms with Crippen LogP contribution >= 0.6 is 0 Å². The Morgan fingerprint density at radius 3 is 2.41 bits per heavy atom. The third-order valence-electron chi connectivity index (χ3n) is 4.22. The predicted molar refractivity (Wildman–Crippen MR) is 118 cm³/mol. The van der Waals surface area contributed by atoms with Crippen LogP contribution in [0, 0.1) is 0 Å². The summed E-state index contributed by atoms with van der Waals surface area (Å²) in [5, 5.41) is 5.90. The monoisotopic (exact) mass is 395 g/mol. The quantitative estimate of drug-likeness (QED) is 0.592. The minimum Gasteiger partial charge on any atom is -0.489 e. The first-order valence-corrected chi connectivity index (χ1v) is 9.73. The van der Waals surface area contributed by atoms with Crippen molar-refractivity contribution in [3.63, 3.8) is 0 Å². The first kappa shape index (κ1) is 22.0. The molecule has 0 saturated heterocycles. The lowest BCUT2D eigenvalue weighted by atomic mass is 10.1. The van der Waals surface area contributed by atoms with Gasteiger partial charge in [0.15, 0.2) is 0 Å². The van der Waals surface area contributed by atoms with Gasteiger partial charge in [0.05, 0.1) is 6.54 Å². The average molecular weight is 396 g/mol. The zero-order chi connectivity index (χ0) is 21.2. The van der Waals surface area contributed by atoms with E-state index in [9.17, 15) is 9.59 Å². The van der Waals surface area contributed by atoms with Gasteiger partial charge in [-0.3, -0.25) is 9.59 Å². The molecule has 2 rings (SSSR count). The number of hydrogen-bond donors (Lipinski definition) is 2. The minimum atomic E-state index is -0.192. The molecule has 0 radical (unpaired) electrons. The molecule has 2 N–H and O–H groups in total. The number of hydrogen-bond acceptors (Lipinski definition) is 4. The lowest BCUT2D eigenvalue weighted by molar-refractivity contribution is -0.114. The SMILES string of the molecule is C=C(C)COc1cccc(NC(=O)CNc2cccc(C(=O)N(CC)CC)c2)c1. The largest absolute Gasteiger partial charge is 0.489 e. The fraction of sp³-hybridized carbons (Fsp3) is 0.304. The Labute approximate surface area is 172 Å². The van der Waals surface area contributed by atoms with Gasteiger partial charge in [0, 0.05) is 36.1 Å². The maximum Gasteiger partial charge on any atom is 0.253 e. The van der Waals surface area contributed by atoms with E-state index in [0.29, 0.717) is 36.7 Å². The topological polar surface area (TPSA) is 70.7 Å². The summed E-state index contributed by atoms with van der Waals surface area (Å²) >= 11 is 0. The van der Waals surface area contributed by atoms with Crippen molar-refractivity contribution >= 4 is 23.2 Å². The van der Waals surface area contributed by atoms with E-state index in [-0.39, 0.29) is 18.4 Å². The number of nitrogens with one attached hydrogen (secondary N) is 2. The maximum atomic E-state index is 12.5. The van der Waals surface area contributed by atoms with Crippen LogP contribution in [0.4, 0.5) is 11.4 Å². The Hall–Kier alpha value is -3.28. The Balaban J connectivity index is 1.93. The lowest BCUT2D eigenvalue weighted by Crippen LogP contribution is -2.30. The molecule has 0 heterocycles. The van der Waals surface area contributed by atoms with Crippen molar-refractivity contribution in [3.8, 4) is 5.75 Å². The van der Waals surface area contributed by atoms with Crippen molar-refractivity contribution in [1.29, 1.82) is 0 Å². The lowest BCUT2D eigenvalue weighted by Gasteiger charge is -2.19. The van der Waals surface area contributed by atoms with E-state index in [4.69, 9.17) is 4.74 Å². The number of amides is 2. The number of anilines is 2. The Morgan fingerprint density at radius 2 is 1.72 bits per heavy atom. The van der Waals surface area contributed by atoms with Crippen LogP contribution in [0.1, 0.15) is 31.1 Å². The van der Waals surface area contributed by atoms with E-state index in [1.807, 2.05) is 39.0 Å². The molecule has 6 nitrogen and oxygen atoms in total. The van der Waals surface area contributed by atoms with E-state index in [0.717, 1.165) is 11.3 Å². The highest BCUT2D eigenvalue weighted by Crippen LogP contribution is 2.18. The third-order valence-corrected chi connectivity index (χ3v) is 4.22. The highest BCUT2D eigenvalue weighted by atomic mass is 16.5. The van der Waals surface area contributed by atoms with Crippen LogP contribution in [0.2, 0.25) is 0 Å². The van der Waals surface area contributed by atoms with E-state index in [2.05, 4.69) is 17.2 Å². The number of carbonyl (C=O) groups excluding carboxylic acids is 2. The molecule has 2 aromatic rings. The summed E-state index contributed by atoms with van der Waals surface area (Å²) in [7, 11) is 0. The Bertz CT molecular complexity index is 860. The number of rotatable bonds is 10. The van der Waals surface area contributed by atoms with Crippen LogP contribution in [-0.4, -0.2) is 43.0 Å². The van der Waals surface area contributed by atoms with Crippen molar-refractivity contribution in [2.75, 3.05) is 36.9 Å². The van der Waals surface area contributed by atoms with Gasteiger partial charge in [-0.2, -0.15) is 0 Å². The molecule has 0 aromatic heterocycles. The third kappa shape index (κ3) is 6.99. The van der Waals surface area contributed by atoms with Crippen LogP contribution in [0.15, 0.2) is 60.7 Å². The van der Waals surface area contributed by atoms with Crippen molar-refractivity contribution in [2.45, 2.75) is 20.8 Å². The van der Waals surface area contributed by atoms with Crippen molar-refractivity contribution < 1.29 is 14.3 Å². The Kier molecular flexibility index (Phi) is 8.27. The second-order valence-electron chi connectivity index (χ2n) is 6.73. The summed E-state index contributed by atoms with van der Waals surface area (Å²) in [4.78, 5) is 26.5. The van der Waals surface area contributed by atoms with Gasteiger partial charge in [-0.05, 0) is 56.7 Å². The van der Waals surface area contributed by atoms with Crippen molar-refractivity contribution in [3.05, 3.63) is 66.2 Å². The maximum absolute atomic E-state index is 12.5. The Morgan fingerprint density at radius 1 is 1.03 bits per heavy atom. The van der Waals surface area contributed by atoms with E-state index in [1.165, 1.54) is 0 Å². The standard InChI is InChI=1S/C23H29N3O3/c1-5-26(6-2)23(28)18-9-7-10-19(13-18)24-15-22(27)25-20-11-8-12-21(14-20)29-16-17(3)4/h7-14,24H,3,5-6,15-16H2,1-2,4H3,(H,25,27). The summed E-state index contributed by atoms with van der Waals surface area (Å²) in [6.07, 6.45) is 0. The van der Waals surface area contributed by atoms with Crippen LogP contribution < -0.4 is 15.4 Å². The van der Waals surface area contributed by atoms with E-state index >= 15 is 0 Å². The first-order valence-electron chi connectivity index (χ1n) is 9.73. The molecular weight excluding hydrogens is 366 g/mol. The van der Waals surface area contributed by atoms with Gasteiger partial charge in [0.2, 0.25) is 5.91 Å². The normalized spacial score (nSPS) is 10.2. The second-order valence-corrected chi connectivity index (χ2v) is 6.73. The summed E-state index contributed by atoms with van der Waals surface area (Å²) in [6.45, 7) is 11.4. The van der Waals surface area contributed by atoms with Crippen LogP contribution in [0.5, 0.6) is 5.75 Å². The molecule has 29 heavy (non-hydrogen) atoms. The summed E-state index contributed by atoms with van der Waals surface area (Å²) in [5.41, 5.74) is 2.89. The summed E-state index contributed by atoms with van der Waals surface area (Å²) in [5.74, 6) is 0.457. The van der Waals surface area contributed by atoms with Crippen LogP contribution in [0.3, 0.4) is 0 Å². The van der Waals surface area contributed by atoms with E-state index < -0.39 is 0 Å². The summed E-state index contributed by atoms with van der Waals surface area (Å²) < 4.78 is 5.59. The number of ether oxygens (including phenoxy) is 1. The number of nitrogens with zero attached hydrogens (tertiary/aromatic N) is 1. The fourth-order valence-corrected chi connectivity index (χ4v) is 2.71. The van der Waals surface area contributed by atoms with Gasteiger partial charge in [0.25, 0.3) is 5.91 Å². The molecular formula is C23H29N3O3. The van der Waals surface area contributed by atoms with Crippen molar-refractivity contribution in [2.24, 2.45) is 0 Å². The molecule has 2 amide bonds. The number of benzene rings is 2. The molecule has 0 aliphatic rings. The van der Waals surface area contributed by atoms with Gasteiger partial charge in [-0.15, -0.1) is 0 Å². The van der Waals surface area contributed by atoms with Gasteiger partial charge in [0.1, 0.15) is 12.4 Å². The second kappa shape index (κ2) is 10.9. The molecule has 0 aliphatic carbocycles. The molecule has 2 aromatic carbocycles. The predicted octanol–water partition coefficient (Wildman–Crippen LogP) is 4.17. The van der Waals surface area contributed by atoms with Gasteiger partial charge in [-0.25, -0.2) is 0 Å². The molecule has 0 fully saturated rings. The molecule has 0 aliphatic heterocycles. The van der Waals surface area contributed by atoms with Gasteiger partial charge < -0.3 is 20.3 Å².